The summed E-state index contributed by atoms with van der Waals surface area (Å²) < 4.78 is 54.7. The molecule has 0 aliphatic heterocycles. The Balaban J connectivity index is 1.77. The van der Waals surface area contributed by atoms with Gasteiger partial charge in [-0.15, -0.1) is 0 Å². The molecule has 152 valence electrons. The Morgan fingerprint density at radius 2 is 1.81 bits per heavy atom. The van der Waals surface area contributed by atoms with E-state index in [1.807, 2.05) is 0 Å². The molecular formula is C17H27F4NO4. The fraction of sp³-hybridized carbons (Fsp3) is 0.882. The first-order valence-corrected chi connectivity index (χ1v) is 8.95. The summed E-state index contributed by atoms with van der Waals surface area (Å²) in [4.78, 5) is 0. The molecule has 0 bridgehead atoms. The first kappa shape index (κ1) is 21.6. The fourth-order valence-electron chi connectivity index (χ4n) is 3.57. The second-order valence-corrected chi connectivity index (χ2v) is 7.16. The molecule has 0 unspecified atom stereocenters. The molecule has 0 spiro atoms. The van der Waals surface area contributed by atoms with Crippen molar-refractivity contribution in [1.29, 1.82) is 0 Å². The molecule has 26 heavy (non-hydrogen) atoms. The van der Waals surface area contributed by atoms with Crippen LogP contribution in [0.1, 0.15) is 38.5 Å². The summed E-state index contributed by atoms with van der Waals surface area (Å²) in [6, 6.07) is -0.708. The normalized spacial score (nSPS) is 32.7. The van der Waals surface area contributed by atoms with Crippen LogP contribution < -0.4 is 5.32 Å². The molecule has 2 aliphatic rings. The molecular weight excluding hydrogens is 358 g/mol. The maximum absolute atomic E-state index is 13.1. The average Bonchev–Trinajstić information content (AvgIpc) is 2.58. The van der Waals surface area contributed by atoms with E-state index >= 15 is 0 Å². The topological polar surface area (TPSA) is 82.0 Å². The van der Waals surface area contributed by atoms with Gasteiger partial charge in [0.2, 0.25) is 5.92 Å². The van der Waals surface area contributed by atoms with Crippen molar-refractivity contribution < 1.29 is 37.6 Å². The predicted octanol–water partition coefficient (Wildman–Crippen LogP) is 1.81. The fourth-order valence-corrected chi connectivity index (χ4v) is 3.57. The number of hydrogen-bond donors (Lipinski definition) is 4. The summed E-state index contributed by atoms with van der Waals surface area (Å²) in [6.45, 7) is -3.07. The van der Waals surface area contributed by atoms with E-state index in [2.05, 4.69) is 10.1 Å². The minimum Gasteiger partial charge on any atom is -0.388 e. The zero-order chi connectivity index (χ0) is 19.3. The van der Waals surface area contributed by atoms with Crippen molar-refractivity contribution in [2.45, 2.75) is 75.4 Å². The predicted molar refractivity (Wildman–Crippen MR) is 86.0 cm³/mol. The molecule has 2 aliphatic carbocycles. The van der Waals surface area contributed by atoms with Gasteiger partial charge in [-0.2, -0.15) is 8.78 Å². The average molecular weight is 385 g/mol. The maximum Gasteiger partial charge on any atom is 0.345 e. The van der Waals surface area contributed by atoms with Crippen molar-refractivity contribution in [2.24, 2.45) is 5.92 Å². The van der Waals surface area contributed by atoms with Gasteiger partial charge in [-0.25, -0.2) is 8.78 Å². The van der Waals surface area contributed by atoms with Crippen LogP contribution in [0.3, 0.4) is 0 Å². The van der Waals surface area contributed by atoms with Crippen molar-refractivity contribution in [3.8, 4) is 0 Å². The zero-order valence-corrected chi connectivity index (χ0v) is 14.5. The lowest BCUT2D eigenvalue weighted by molar-refractivity contribution is -0.129. The van der Waals surface area contributed by atoms with Crippen LogP contribution in [0.15, 0.2) is 11.6 Å². The van der Waals surface area contributed by atoms with Crippen LogP contribution in [-0.4, -0.2) is 65.4 Å². The number of aliphatic hydroxyl groups excluding tert-OH is 3. The first-order valence-electron chi connectivity index (χ1n) is 8.95. The third-order valence-corrected chi connectivity index (χ3v) is 5.20. The van der Waals surface area contributed by atoms with Crippen LogP contribution in [-0.2, 0) is 4.74 Å². The highest BCUT2D eigenvalue weighted by atomic mass is 19.3. The summed E-state index contributed by atoms with van der Waals surface area (Å²) >= 11 is 0. The third kappa shape index (κ3) is 6.16. The van der Waals surface area contributed by atoms with Crippen LogP contribution in [0.4, 0.5) is 17.6 Å². The first-order chi connectivity index (χ1) is 12.2. The van der Waals surface area contributed by atoms with Gasteiger partial charge in [-0.3, -0.25) is 0 Å². The van der Waals surface area contributed by atoms with E-state index in [1.54, 1.807) is 0 Å². The molecule has 0 amide bonds. The number of alkyl halides is 4. The van der Waals surface area contributed by atoms with Gasteiger partial charge in [0.05, 0.1) is 12.6 Å². The van der Waals surface area contributed by atoms with E-state index in [9.17, 15) is 32.9 Å². The van der Waals surface area contributed by atoms with Gasteiger partial charge < -0.3 is 25.4 Å². The Kier molecular flexibility index (Phi) is 7.84. The zero-order valence-electron chi connectivity index (χ0n) is 14.5. The number of aliphatic hydroxyl groups is 3. The second-order valence-electron chi connectivity index (χ2n) is 7.16. The molecule has 0 radical (unpaired) electrons. The Hall–Kier alpha value is -0.740. The Labute approximate surface area is 150 Å². The van der Waals surface area contributed by atoms with Gasteiger partial charge in [0, 0.05) is 12.8 Å². The molecule has 0 aromatic heterocycles. The monoisotopic (exact) mass is 385 g/mol. The van der Waals surface area contributed by atoms with Crippen molar-refractivity contribution in [3.63, 3.8) is 0 Å². The van der Waals surface area contributed by atoms with Gasteiger partial charge >= 0.3 is 6.61 Å². The molecule has 0 saturated heterocycles. The highest BCUT2D eigenvalue weighted by Crippen LogP contribution is 2.37. The van der Waals surface area contributed by atoms with Gasteiger partial charge in [0.1, 0.15) is 18.3 Å². The standard InChI is InChI=1S/C17H27F4NO4/c18-16(19)26-9-11-8-12(14(24)15(25)13(11)23)22-7-1-2-10-3-5-17(20,21)6-4-10/h8,10,12-16,22-25H,1-7,9H2/t12-,13+,14+,15+/m1/s1. The minimum atomic E-state index is -3.00. The molecule has 5 nitrogen and oxygen atoms in total. The van der Waals surface area contributed by atoms with E-state index < -0.39 is 43.5 Å². The van der Waals surface area contributed by atoms with Crippen molar-refractivity contribution in [3.05, 3.63) is 11.6 Å². The maximum atomic E-state index is 13.1. The summed E-state index contributed by atoms with van der Waals surface area (Å²) in [5.41, 5.74) is 0.0788. The Bertz CT molecular complexity index is 468. The number of halogens is 4. The van der Waals surface area contributed by atoms with E-state index in [4.69, 9.17) is 0 Å². The molecule has 4 N–H and O–H groups in total. The van der Waals surface area contributed by atoms with E-state index in [0.717, 1.165) is 6.42 Å². The van der Waals surface area contributed by atoms with Crippen molar-refractivity contribution >= 4 is 0 Å². The number of ether oxygens (including phenoxy) is 1. The molecule has 4 atom stereocenters. The van der Waals surface area contributed by atoms with E-state index in [-0.39, 0.29) is 24.3 Å². The lowest BCUT2D eigenvalue weighted by Gasteiger charge is -2.35. The molecule has 2 rings (SSSR count). The summed E-state index contributed by atoms with van der Waals surface area (Å²) in [7, 11) is 0. The lowest BCUT2D eigenvalue weighted by Crippen LogP contribution is -2.54. The largest absolute Gasteiger partial charge is 0.388 e. The van der Waals surface area contributed by atoms with Crippen LogP contribution in [0, 0.1) is 5.92 Å². The van der Waals surface area contributed by atoms with E-state index in [1.165, 1.54) is 6.08 Å². The Morgan fingerprint density at radius 3 is 2.42 bits per heavy atom. The SMILES string of the molecule is O[C@@H]1[C@@H](O)[C@@H](O)C(COC(F)F)=C[C@H]1NCCCC1CCC(F)(F)CC1. The van der Waals surface area contributed by atoms with Crippen molar-refractivity contribution in [1.82, 2.24) is 5.32 Å². The van der Waals surface area contributed by atoms with Gasteiger partial charge in [-0.05, 0) is 43.7 Å². The highest BCUT2D eigenvalue weighted by Gasteiger charge is 2.37. The molecule has 0 heterocycles. The molecule has 0 aromatic carbocycles. The second kappa shape index (κ2) is 9.45. The smallest absolute Gasteiger partial charge is 0.345 e. The van der Waals surface area contributed by atoms with Crippen LogP contribution >= 0.6 is 0 Å². The third-order valence-electron chi connectivity index (χ3n) is 5.20. The number of hydrogen-bond acceptors (Lipinski definition) is 5. The number of rotatable bonds is 8. The van der Waals surface area contributed by atoms with Crippen molar-refractivity contribution in [2.75, 3.05) is 13.2 Å². The van der Waals surface area contributed by atoms with Gasteiger partial charge in [0.15, 0.2) is 0 Å². The summed E-state index contributed by atoms with van der Waals surface area (Å²) in [5, 5.41) is 32.7. The lowest BCUT2D eigenvalue weighted by atomic mass is 9.84. The molecule has 0 aromatic rings. The summed E-state index contributed by atoms with van der Waals surface area (Å²) in [6.07, 6.45) is -0.534. The molecule has 1 fully saturated rings. The van der Waals surface area contributed by atoms with Crippen LogP contribution in [0.2, 0.25) is 0 Å². The minimum absolute atomic E-state index is 0.0766. The van der Waals surface area contributed by atoms with Gasteiger partial charge in [-0.1, -0.05) is 6.08 Å². The summed E-state index contributed by atoms with van der Waals surface area (Å²) in [5.74, 6) is -2.29. The highest BCUT2D eigenvalue weighted by molar-refractivity contribution is 5.21. The quantitative estimate of drug-likeness (QED) is 0.291. The van der Waals surface area contributed by atoms with Crippen LogP contribution in [0.25, 0.3) is 0 Å². The van der Waals surface area contributed by atoms with E-state index in [0.29, 0.717) is 25.8 Å². The molecule has 9 heteroatoms. The van der Waals surface area contributed by atoms with Gasteiger partial charge in [0.25, 0.3) is 0 Å². The Morgan fingerprint density at radius 1 is 1.15 bits per heavy atom. The van der Waals surface area contributed by atoms with Crippen LogP contribution in [0.5, 0.6) is 0 Å². The number of nitrogens with one attached hydrogen (secondary N) is 1. The molecule has 1 saturated carbocycles.